The number of rotatable bonds is 7. The summed E-state index contributed by atoms with van der Waals surface area (Å²) in [7, 11) is 7.83. The number of aliphatic hydroxyl groups is 2. The van der Waals surface area contributed by atoms with Crippen LogP contribution >= 0.6 is 0 Å². The van der Waals surface area contributed by atoms with Crippen LogP contribution in [0.5, 0.6) is 0 Å². The number of esters is 1. The van der Waals surface area contributed by atoms with Gasteiger partial charge in [-0.3, -0.25) is 9.59 Å². The molecule has 2 saturated heterocycles. The summed E-state index contributed by atoms with van der Waals surface area (Å²) in [5.74, 6) is -1.54. The van der Waals surface area contributed by atoms with E-state index in [1.807, 2.05) is 80.7 Å². The first-order valence-corrected chi connectivity index (χ1v) is 16.2. The van der Waals surface area contributed by atoms with Gasteiger partial charge in [-0.1, -0.05) is 27.7 Å². The lowest BCUT2D eigenvalue weighted by Crippen LogP contribution is -2.56. The molecule has 1 unspecified atom stereocenters. The van der Waals surface area contributed by atoms with Crippen LogP contribution in [0.15, 0.2) is 12.2 Å². The molecule has 0 aliphatic carbocycles. The average Bonchev–Trinajstić information content (AvgIpc) is 3.62. The summed E-state index contributed by atoms with van der Waals surface area (Å²) in [5, 5.41) is 22.7. The van der Waals surface area contributed by atoms with Gasteiger partial charge < -0.3 is 39.0 Å². The molecule has 0 aromatic carbocycles. The number of cyclic esters (lactones) is 1. The first-order valence-electron chi connectivity index (χ1n) is 16.2. The summed E-state index contributed by atoms with van der Waals surface area (Å²) in [6.45, 7) is 12.4. The summed E-state index contributed by atoms with van der Waals surface area (Å²) in [4.78, 5) is 30.6. The van der Waals surface area contributed by atoms with E-state index < -0.39 is 42.1 Å². The number of ketones is 1. The van der Waals surface area contributed by atoms with Crippen LogP contribution in [0.4, 0.5) is 0 Å². The lowest BCUT2D eigenvalue weighted by Gasteiger charge is -2.44. The second-order valence-electron chi connectivity index (χ2n) is 14.0. The van der Waals surface area contributed by atoms with Gasteiger partial charge in [-0.25, -0.2) is 0 Å². The Hall–Kier alpha value is -1.40. The van der Waals surface area contributed by atoms with Crippen LogP contribution in [0.1, 0.15) is 73.6 Å². The highest BCUT2D eigenvalue weighted by molar-refractivity contribution is 5.91. The number of fused-ring (bicyclic) bond motifs is 1. The van der Waals surface area contributed by atoms with Crippen molar-refractivity contribution in [2.24, 2.45) is 23.7 Å². The number of allylic oxidation sites excluding steroid dienone is 1. The van der Waals surface area contributed by atoms with Crippen molar-refractivity contribution in [3.63, 3.8) is 0 Å². The average molecular weight is 611 g/mol. The molecule has 2 N–H and O–H groups in total. The van der Waals surface area contributed by atoms with Crippen molar-refractivity contribution in [1.82, 2.24) is 9.80 Å². The van der Waals surface area contributed by atoms with Gasteiger partial charge in [-0.15, -0.1) is 0 Å². The number of hydrogen-bond acceptors (Lipinski definition) is 10. The molecule has 0 aromatic rings. The molecule has 0 spiro atoms. The molecule has 0 amide bonds. The minimum Gasteiger partial charge on any atom is -0.462 e. The van der Waals surface area contributed by atoms with Crippen molar-refractivity contribution in [3.8, 4) is 0 Å². The summed E-state index contributed by atoms with van der Waals surface area (Å²) in [6, 6.07) is -0.163. The Balaban J connectivity index is 1.98. The van der Waals surface area contributed by atoms with Crippen molar-refractivity contribution >= 4 is 11.8 Å². The molecule has 2 fully saturated rings. The summed E-state index contributed by atoms with van der Waals surface area (Å²) < 4.78 is 24.7. The lowest BCUT2D eigenvalue weighted by atomic mass is 9.79. The third-order valence-corrected chi connectivity index (χ3v) is 9.84. The van der Waals surface area contributed by atoms with Crippen LogP contribution in [0.25, 0.3) is 0 Å². The maximum Gasteiger partial charge on any atom is 0.308 e. The quantitative estimate of drug-likeness (QED) is 0.329. The van der Waals surface area contributed by atoms with Crippen LogP contribution in [-0.2, 0) is 28.5 Å². The van der Waals surface area contributed by atoms with E-state index in [0.717, 1.165) is 6.54 Å². The molecule has 10 heteroatoms. The molecule has 0 aromatic heterocycles. The van der Waals surface area contributed by atoms with E-state index in [4.69, 9.17) is 18.9 Å². The number of hydrogen-bond donors (Lipinski definition) is 2. The Morgan fingerprint density at radius 1 is 1.05 bits per heavy atom. The molecule has 3 aliphatic heterocycles. The number of nitrogens with zero attached hydrogens (tertiary/aromatic N) is 2. The Morgan fingerprint density at radius 2 is 1.72 bits per heavy atom. The monoisotopic (exact) mass is 610 g/mol. The molecule has 248 valence electrons. The Morgan fingerprint density at radius 3 is 2.33 bits per heavy atom. The third kappa shape index (κ3) is 9.31. The van der Waals surface area contributed by atoms with Gasteiger partial charge in [0.25, 0.3) is 0 Å². The Labute approximate surface area is 259 Å². The van der Waals surface area contributed by atoms with Crippen molar-refractivity contribution in [1.29, 1.82) is 0 Å². The zero-order chi connectivity index (χ0) is 32.2. The van der Waals surface area contributed by atoms with E-state index in [2.05, 4.69) is 4.90 Å². The second-order valence-corrected chi connectivity index (χ2v) is 14.0. The first kappa shape index (κ1) is 36.1. The molecular formula is C33H58N2O8. The van der Waals surface area contributed by atoms with Crippen LogP contribution in [0.3, 0.4) is 0 Å². The fourth-order valence-electron chi connectivity index (χ4n) is 6.85. The van der Waals surface area contributed by atoms with Gasteiger partial charge in [0, 0.05) is 23.8 Å². The fourth-order valence-corrected chi connectivity index (χ4v) is 6.85. The molecule has 0 saturated carbocycles. The highest BCUT2D eigenvalue weighted by Crippen LogP contribution is 2.45. The van der Waals surface area contributed by atoms with Crippen LogP contribution in [-0.4, -0.2) is 121 Å². The SMILES string of the molecule is CC[C@H]1OC(=O)CC(O)[C@H](C)[C@@H](O[C@@H]2O[C@H](C)C[C@H](N(C)C)[C@H]2O)[C@@H](CCN(C)C)C[C@@H](C)C(=O)/C=C/[C@]2(C)O[C@@H]2[C@@H]1C. The number of carbonyl (C=O) groups is 2. The number of ether oxygens (including phenoxy) is 4. The summed E-state index contributed by atoms with van der Waals surface area (Å²) >= 11 is 0. The normalized spacial score (nSPS) is 44.2. The molecule has 43 heavy (non-hydrogen) atoms. The summed E-state index contributed by atoms with van der Waals surface area (Å²) in [6.07, 6.45) is 1.57. The van der Waals surface area contributed by atoms with Crippen molar-refractivity contribution in [2.75, 3.05) is 34.7 Å². The molecule has 0 bridgehead atoms. The highest BCUT2D eigenvalue weighted by atomic mass is 16.7. The zero-order valence-electron chi connectivity index (χ0n) is 28.1. The van der Waals surface area contributed by atoms with E-state index in [1.165, 1.54) is 0 Å². The molecule has 3 heterocycles. The number of carbonyl (C=O) groups excluding carboxylic acids is 2. The van der Waals surface area contributed by atoms with Gasteiger partial charge in [-0.05, 0) is 92.3 Å². The Bertz CT molecular complexity index is 959. The molecule has 13 atom stereocenters. The fraction of sp³-hybridized carbons (Fsp3) is 0.879. The van der Waals surface area contributed by atoms with Gasteiger partial charge in [-0.2, -0.15) is 0 Å². The van der Waals surface area contributed by atoms with Crippen molar-refractivity contribution in [2.45, 2.75) is 128 Å². The lowest BCUT2D eigenvalue weighted by molar-refractivity contribution is -0.283. The first-order chi connectivity index (χ1) is 20.1. The minimum absolute atomic E-state index is 0.00532. The van der Waals surface area contributed by atoms with Gasteiger partial charge in [0.1, 0.15) is 17.8 Å². The maximum atomic E-state index is 13.4. The van der Waals surface area contributed by atoms with Gasteiger partial charge >= 0.3 is 5.97 Å². The van der Waals surface area contributed by atoms with E-state index in [-0.39, 0.29) is 54.3 Å². The van der Waals surface area contributed by atoms with Gasteiger partial charge in [0.2, 0.25) is 0 Å². The number of likely N-dealkylation sites (N-methyl/N-ethyl adjacent to an activating group) is 1. The molecule has 0 radical (unpaired) electrons. The zero-order valence-corrected chi connectivity index (χ0v) is 28.1. The molecule has 3 rings (SSSR count). The molecular weight excluding hydrogens is 552 g/mol. The second kappa shape index (κ2) is 15.3. The van der Waals surface area contributed by atoms with Crippen LogP contribution < -0.4 is 0 Å². The Kier molecular flexibility index (Phi) is 12.8. The highest BCUT2D eigenvalue weighted by Gasteiger charge is 2.55. The van der Waals surface area contributed by atoms with Gasteiger partial charge in [0.05, 0.1) is 30.8 Å². The predicted octanol–water partition coefficient (Wildman–Crippen LogP) is 3.03. The predicted molar refractivity (Wildman–Crippen MR) is 164 cm³/mol. The standard InChI is InChI=1S/C33H58N2O8/c1-11-27-22(5)31-33(6,43-31)14-12-25(36)19(2)16-23(13-15-34(7)8)30(21(4)26(37)18-28(38)41-27)42-32-29(39)24(35(9)10)17-20(3)40-32/h12,14,19-24,26-27,29-32,37,39H,11,13,15-18H2,1-10H3/b14-12+/t19-,20-,21+,22-,23+,24+,26?,27-,29-,30-,31-,32+,33+/m1/s1. The van der Waals surface area contributed by atoms with E-state index in [0.29, 0.717) is 25.7 Å². The number of epoxide rings is 1. The maximum absolute atomic E-state index is 13.4. The van der Waals surface area contributed by atoms with Gasteiger partial charge in [0.15, 0.2) is 12.1 Å². The smallest absolute Gasteiger partial charge is 0.308 e. The van der Waals surface area contributed by atoms with E-state index in [9.17, 15) is 19.8 Å². The topological polar surface area (TPSA) is 121 Å². The van der Waals surface area contributed by atoms with E-state index in [1.54, 1.807) is 6.08 Å². The van der Waals surface area contributed by atoms with Crippen LogP contribution in [0.2, 0.25) is 0 Å². The number of aliphatic hydroxyl groups excluding tert-OH is 2. The van der Waals surface area contributed by atoms with Crippen LogP contribution in [0, 0.1) is 23.7 Å². The van der Waals surface area contributed by atoms with Crippen molar-refractivity contribution in [3.05, 3.63) is 12.2 Å². The molecule has 10 nitrogen and oxygen atoms in total. The largest absolute Gasteiger partial charge is 0.462 e. The minimum atomic E-state index is -1.06. The summed E-state index contributed by atoms with van der Waals surface area (Å²) in [5.41, 5.74) is -0.593. The third-order valence-electron chi connectivity index (χ3n) is 9.84. The van der Waals surface area contributed by atoms with Crippen molar-refractivity contribution < 1.29 is 38.7 Å². The van der Waals surface area contributed by atoms with E-state index >= 15 is 0 Å². The molecule has 3 aliphatic rings.